The van der Waals surface area contributed by atoms with Crippen LogP contribution in [-0.4, -0.2) is 0 Å². The van der Waals surface area contributed by atoms with E-state index in [1.165, 1.54) is 38.9 Å². The average Bonchev–Trinajstić information content (AvgIpc) is 3.00. The lowest BCUT2D eigenvalue weighted by molar-refractivity contribution is 0.801. The van der Waals surface area contributed by atoms with Gasteiger partial charge in [-0.1, -0.05) is 109 Å². The first-order valence-electron chi connectivity index (χ1n) is 9.14. The van der Waals surface area contributed by atoms with Gasteiger partial charge in [0, 0.05) is 0 Å². The van der Waals surface area contributed by atoms with E-state index in [-0.39, 0.29) is 5.41 Å². The van der Waals surface area contributed by atoms with Crippen LogP contribution in [0, 0.1) is 6.92 Å². The van der Waals surface area contributed by atoms with Crippen LogP contribution in [0.4, 0.5) is 0 Å². The quantitative estimate of drug-likeness (QED) is 0.444. The molecule has 0 aliphatic heterocycles. The van der Waals surface area contributed by atoms with Gasteiger partial charge < -0.3 is 0 Å². The van der Waals surface area contributed by atoms with E-state index < -0.39 is 0 Å². The molecule has 0 saturated heterocycles. The maximum atomic E-state index is 2.37. The number of hydrogen-bond donors (Lipinski definition) is 0. The van der Waals surface area contributed by atoms with Gasteiger partial charge in [0.05, 0.1) is 5.41 Å². The number of rotatable bonds is 0. The van der Waals surface area contributed by atoms with Crippen molar-refractivity contribution in [2.75, 3.05) is 0 Å². The smallest absolute Gasteiger partial charge is 0.0652 e. The van der Waals surface area contributed by atoms with E-state index in [2.05, 4.69) is 110 Å². The summed E-state index contributed by atoms with van der Waals surface area (Å²) >= 11 is 0. The Morgan fingerprint density at radius 3 is 2.00 bits per heavy atom. The molecule has 124 valence electrons. The van der Waals surface area contributed by atoms with Gasteiger partial charge in [-0.05, 0) is 40.3 Å². The van der Waals surface area contributed by atoms with Crippen LogP contribution in [0.15, 0.2) is 97.1 Å². The molecule has 0 unspecified atom stereocenters. The Balaban J connectivity index is 1.98. The molecule has 0 fully saturated rings. The Hall–Kier alpha value is -3.12. The summed E-state index contributed by atoms with van der Waals surface area (Å²) < 4.78 is 0. The highest BCUT2D eigenvalue weighted by Gasteiger charge is 2.43. The number of allylic oxidation sites excluding steroid dienone is 5. The zero-order valence-electron chi connectivity index (χ0n) is 14.8. The second kappa shape index (κ2) is 5.71. The number of fused-ring (bicyclic) bond motifs is 7. The molecule has 0 heteroatoms. The Kier molecular flexibility index (Phi) is 3.33. The van der Waals surface area contributed by atoms with Crippen molar-refractivity contribution >= 4 is 6.08 Å². The first kappa shape index (κ1) is 15.2. The lowest BCUT2D eigenvalue weighted by Crippen LogP contribution is -2.25. The maximum Gasteiger partial charge on any atom is 0.0653 e. The van der Waals surface area contributed by atoms with Crippen LogP contribution in [-0.2, 0) is 5.41 Å². The third-order valence-corrected chi connectivity index (χ3v) is 5.58. The molecule has 0 radical (unpaired) electrons. The zero-order valence-corrected chi connectivity index (χ0v) is 14.8. The van der Waals surface area contributed by atoms with E-state index in [1.807, 2.05) is 0 Å². The minimum Gasteiger partial charge on any atom is -0.0652 e. The molecule has 0 heterocycles. The molecule has 0 N–H and O–H groups in total. The van der Waals surface area contributed by atoms with Crippen molar-refractivity contribution < 1.29 is 0 Å². The van der Waals surface area contributed by atoms with Gasteiger partial charge in [-0.3, -0.25) is 0 Å². The monoisotopic (exact) mass is 332 g/mol. The van der Waals surface area contributed by atoms with Crippen LogP contribution >= 0.6 is 0 Å². The van der Waals surface area contributed by atoms with Crippen molar-refractivity contribution in [1.29, 1.82) is 0 Å². The summed E-state index contributed by atoms with van der Waals surface area (Å²) in [6.45, 7) is 2.18. The summed E-state index contributed by atoms with van der Waals surface area (Å²) in [7, 11) is 0. The Bertz CT molecular complexity index is 1050. The molecule has 3 aromatic carbocycles. The zero-order chi connectivity index (χ0) is 17.6. The van der Waals surface area contributed by atoms with E-state index in [9.17, 15) is 0 Å². The van der Waals surface area contributed by atoms with Gasteiger partial charge in [0.15, 0.2) is 0 Å². The van der Waals surface area contributed by atoms with Crippen LogP contribution < -0.4 is 0 Å². The predicted octanol–water partition coefficient (Wildman–Crippen LogP) is 6.45. The molecule has 0 atom stereocenters. The van der Waals surface area contributed by atoms with E-state index in [4.69, 9.17) is 0 Å². The molecule has 3 aromatic rings. The fourth-order valence-corrected chi connectivity index (χ4v) is 4.47. The summed E-state index contributed by atoms with van der Waals surface area (Å²) in [5.74, 6) is 0. The normalized spacial score (nSPS) is 15.7. The number of hydrogen-bond acceptors (Lipinski definition) is 0. The third-order valence-electron chi connectivity index (χ3n) is 5.58. The molecular formula is C26H20. The van der Waals surface area contributed by atoms with Crippen LogP contribution in [0.25, 0.3) is 17.2 Å². The topological polar surface area (TPSA) is 0 Å². The van der Waals surface area contributed by atoms with E-state index in [0.29, 0.717) is 0 Å². The van der Waals surface area contributed by atoms with Gasteiger partial charge in [0.2, 0.25) is 0 Å². The van der Waals surface area contributed by atoms with Crippen LogP contribution in [0.3, 0.4) is 0 Å². The highest BCUT2D eigenvalue weighted by Crippen LogP contribution is 2.54. The molecule has 5 rings (SSSR count). The second-order valence-corrected chi connectivity index (χ2v) is 7.09. The van der Waals surface area contributed by atoms with Gasteiger partial charge in [-0.25, -0.2) is 0 Å². The van der Waals surface area contributed by atoms with Crippen LogP contribution in [0.2, 0.25) is 0 Å². The van der Waals surface area contributed by atoms with Crippen LogP contribution in [0.1, 0.15) is 27.8 Å². The lowest BCUT2D eigenvalue weighted by Gasteiger charge is -2.31. The average molecular weight is 332 g/mol. The molecule has 2 aliphatic rings. The molecule has 26 heavy (non-hydrogen) atoms. The number of aryl methyl sites for hydroxylation is 1. The first-order valence-corrected chi connectivity index (χ1v) is 9.14. The predicted molar refractivity (Wildman–Crippen MR) is 110 cm³/mol. The molecule has 0 bridgehead atoms. The van der Waals surface area contributed by atoms with Gasteiger partial charge in [-0.2, -0.15) is 0 Å². The standard InChI is InChI=1S/C26H20/c1-19-15-16-20-10-4-2-3-9-17-26(25(20)18-19)23-13-7-5-11-21(23)22-12-6-8-14-24(22)26/h2-18H,1H3. The van der Waals surface area contributed by atoms with Gasteiger partial charge >= 0.3 is 0 Å². The molecule has 2 aliphatic carbocycles. The molecule has 0 aromatic heterocycles. The van der Waals surface area contributed by atoms with Crippen molar-refractivity contribution in [2.45, 2.75) is 12.3 Å². The maximum absolute atomic E-state index is 2.37. The first-order chi connectivity index (χ1) is 12.8. The fraction of sp³-hybridized carbons (Fsp3) is 0.0769. The van der Waals surface area contributed by atoms with Gasteiger partial charge in [0.25, 0.3) is 0 Å². The van der Waals surface area contributed by atoms with Gasteiger partial charge in [0.1, 0.15) is 0 Å². The highest BCUT2D eigenvalue weighted by molar-refractivity contribution is 5.86. The SMILES string of the molecule is Cc1ccc2c(c1)C1(C=CC=CC=C2)c2ccccc2-c2ccccc21. The molecular weight excluding hydrogens is 312 g/mol. The Morgan fingerprint density at radius 2 is 1.27 bits per heavy atom. The Morgan fingerprint density at radius 1 is 0.615 bits per heavy atom. The summed E-state index contributed by atoms with van der Waals surface area (Å²) in [6, 6.07) is 24.5. The second-order valence-electron chi connectivity index (χ2n) is 7.09. The van der Waals surface area contributed by atoms with Crippen molar-refractivity contribution in [1.82, 2.24) is 0 Å². The summed E-state index contributed by atoms with van der Waals surface area (Å²) in [6.07, 6.45) is 13.2. The molecule has 0 saturated carbocycles. The summed E-state index contributed by atoms with van der Waals surface area (Å²) in [4.78, 5) is 0. The van der Waals surface area contributed by atoms with E-state index >= 15 is 0 Å². The minimum atomic E-state index is -0.256. The summed E-state index contributed by atoms with van der Waals surface area (Å²) in [5, 5.41) is 0. The minimum absolute atomic E-state index is 0.256. The molecule has 0 amide bonds. The van der Waals surface area contributed by atoms with Gasteiger partial charge in [-0.15, -0.1) is 0 Å². The van der Waals surface area contributed by atoms with E-state index in [0.717, 1.165) is 0 Å². The molecule has 1 spiro atoms. The van der Waals surface area contributed by atoms with Crippen molar-refractivity contribution in [3.63, 3.8) is 0 Å². The number of benzene rings is 3. The van der Waals surface area contributed by atoms with Crippen molar-refractivity contribution in [3.8, 4) is 11.1 Å². The highest BCUT2D eigenvalue weighted by atomic mass is 14.4. The lowest BCUT2D eigenvalue weighted by atomic mass is 9.70. The van der Waals surface area contributed by atoms with Crippen molar-refractivity contribution in [3.05, 3.63) is 125 Å². The van der Waals surface area contributed by atoms with E-state index in [1.54, 1.807) is 0 Å². The van der Waals surface area contributed by atoms with Crippen molar-refractivity contribution in [2.24, 2.45) is 0 Å². The largest absolute Gasteiger partial charge is 0.0653 e. The Labute approximate surface area is 154 Å². The molecule has 0 nitrogen and oxygen atoms in total. The van der Waals surface area contributed by atoms with Crippen LogP contribution in [0.5, 0.6) is 0 Å². The third kappa shape index (κ3) is 2.02. The summed E-state index contributed by atoms with van der Waals surface area (Å²) in [5.41, 5.74) is 9.08. The fourth-order valence-electron chi connectivity index (χ4n) is 4.47.